The fourth-order valence-corrected chi connectivity index (χ4v) is 1.46. The SMILES string of the molecule is [2H]C([2H])([2H])c1noc(C2(F)CCCNC2)n1. The van der Waals surface area contributed by atoms with Crippen LogP contribution in [0.4, 0.5) is 4.39 Å². The van der Waals surface area contributed by atoms with Gasteiger partial charge in [0.05, 0.1) is 0 Å². The molecule has 72 valence electrons. The summed E-state index contributed by atoms with van der Waals surface area (Å²) in [6, 6.07) is 0. The zero-order chi connectivity index (χ0) is 11.8. The number of aryl methyl sites for hydroxylation is 1. The largest absolute Gasteiger partial charge is 0.336 e. The summed E-state index contributed by atoms with van der Waals surface area (Å²) in [5.41, 5.74) is -1.74. The molecule has 13 heavy (non-hydrogen) atoms. The third kappa shape index (κ3) is 1.56. The zero-order valence-electron chi connectivity index (χ0n) is 10.0. The Hall–Kier alpha value is -0.970. The number of nitrogens with one attached hydrogen (secondary N) is 1. The van der Waals surface area contributed by atoms with E-state index in [9.17, 15) is 4.39 Å². The van der Waals surface area contributed by atoms with E-state index >= 15 is 0 Å². The molecular formula is C8H12FN3O. The molecule has 0 saturated carbocycles. The molecule has 1 aromatic rings. The van der Waals surface area contributed by atoms with Crippen molar-refractivity contribution in [3.05, 3.63) is 11.7 Å². The molecular weight excluding hydrogens is 173 g/mol. The highest BCUT2D eigenvalue weighted by atomic mass is 19.1. The fourth-order valence-electron chi connectivity index (χ4n) is 1.46. The molecule has 1 fully saturated rings. The van der Waals surface area contributed by atoms with Crippen LogP contribution in [0.25, 0.3) is 0 Å². The molecule has 0 aliphatic carbocycles. The molecule has 2 heterocycles. The highest BCUT2D eigenvalue weighted by Gasteiger charge is 2.39. The minimum absolute atomic E-state index is 0.0790. The number of aromatic nitrogens is 2. The summed E-state index contributed by atoms with van der Waals surface area (Å²) in [5.74, 6) is -0.684. The van der Waals surface area contributed by atoms with Crippen molar-refractivity contribution in [2.45, 2.75) is 25.4 Å². The van der Waals surface area contributed by atoms with Gasteiger partial charge in [-0.1, -0.05) is 5.16 Å². The first-order valence-electron chi connectivity index (χ1n) is 5.66. The molecule has 0 spiro atoms. The molecule has 0 aromatic carbocycles. The van der Waals surface area contributed by atoms with E-state index in [0.29, 0.717) is 6.42 Å². The van der Waals surface area contributed by atoms with Crippen molar-refractivity contribution in [3.8, 4) is 0 Å². The Morgan fingerprint density at radius 1 is 1.77 bits per heavy atom. The van der Waals surface area contributed by atoms with E-state index in [4.69, 9.17) is 8.64 Å². The fraction of sp³-hybridized carbons (Fsp3) is 0.750. The number of nitrogens with zero attached hydrogens (tertiary/aromatic N) is 2. The van der Waals surface area contributed by atoms with Crippen LogP contribution in [0.3, 0.4) is 0 Å². The number of alkyl halides is 1. The number of piperidine rings is 1. The minimum Gasteiger partial charge on any atom is -0.336 e. The molecule has 0 amide bonds. The van der Waals surface area contributed by atoms with Crippen LogP contribution in [-0.2, 0) is 5.67 Å². The van der Waals surface area contributed by atoms with Crippen LogP contribution in [0, 0.1) is 6.85 Å². The molecule has 0 radical (unpaired) electrons. The molecule has 1 aromatic heterocycles. The topological polar surface area (TPSA) is 51.0 Å². The van der Waals surface area contributed by atoms with Crippen molar-refractivity contribution in [2.24, 2.45) is 0 Å². The third-order valence-electron chi connectivity index (χ3n) is 2.14. The summed E-state index contributed by atoms with van der Waals surface area (Å²) in [5, 5.41) is 6.17. The van der Waals surface area contributed by atoms with E-state index in [2.05, 4.69) is 15.5 Å². The maximum absolute atomic E-state index is 14.3. The van der Waals surface area contributed by atoms with E-state index in [1.54, 1.807) is 0 Å². The summed E-state index contributed by atoms with van der Waals surface area (Å²) in [6.07, 6.45) is 0.921. The first-order valence-corrected chi connectivity index (χ1v) is 4.16. The molecule has 1 saturated heterocycles. The molecule has 1 atom stereocenters. The Balaban J connectivity index is 2.24. The Morgan fingerprint density at radius 3 is 3.31 bits per heavy atom. The van der Waals surface area contributed by atoms with Gasteiger partial charge in [0, 0.05) is 10.7 Å². The average molecular weight is 188 g/mol. The van der Waals surface area contributed by atoms with E-state index < -0.39 is 18.3 Å². The van der Waals surface area contributed by atoms with Gasteiger partial charge in [-0.3, -0.25) is 0 Å². The Morgan fingerprint density at radius 2 is 2.69 bits per heavy atom. The predicted molar refractivity (Wildman–Crippen MR) is 43.9 cm³/mol. The summed E-state index contributed by atoms with van der Waals surface area (Å²) in [6.45, 7) is -1.64. The number of halogens is 1. The number of rotatable bonds is 1. The van der Waals surface area contributed by atoms with Crippen LogP contribution in [0.2, 0.25) is 0 Å². The zero-order valence-corrected chi connectivity index (χ0v) is 7.01. The Bertz CT molecular complexity index is 373. The number of hydrogen-bond acceptors (Lipinski definition) is 4. The second kappa shape index (κ2) is 3.06. The van der Waals surface area contributed by atoms with Gasteiger partial charge in [-0.15, -0.1) is 0 Å². The van der Waals surface area contributed by atoms with Gasteiger partial charge in [0.2, 0.25) is 5.67 Å². The lowest BCUT2D eigenvalue weighted by molar-refractivity contribution is 0.0785. The van der Waals surface area contributed by atoms with Crippen LogP contribution in [0.5, 0.6) is 0 Å². The van der Waals surface area contributed by atoms with Gasteiger partial charge >= 0.3 is 0 Å². The van der Waals surface area contributed by atoms with Crippen LogP contribution < -0.4 is 5.32 Å². The van der Waals surface area contributed by atoms with Gasteiger partial charge in [0.15, 0.2) is 5.82 Å². The molecule has 4 nitrogen and oxygen atoms in total. The molecule has 0 bridgehead atoms. The summed E-state index contributed by atoms with van der Waals surface area (Å²) in [7, 11) is 0. The monoisotopic (exact) mass is 188 g/mol. The lowest BCUT2D eigenvalue weighted by Crippen LogP contribution is -2.40. The molecule has 1 aliphatic heterocycles. The maximum Gasteiger partial charge on any atom is 0.265 e. The Kier molecular flexibility index (Phi) is 1.34. The minimum atomic E-state index is -2.46. The molecule has 2 rings (SSSR count). The van der Waals surface area contributed by atoms with Gasteiger partial charge in [-0.2, -0.15) is 4.98 Å². The summed E-state index contributed by atoms with van der Waals surface area (Å²) < 4.78 is 40.2. The quantitative estimate of drug-likeness (QED) is 0.712. The number of hydrogen-bond donors (Lipinski definition) is 1. The highest BCUT2D eigenvalue weighted by Crippen LogP contribution is 2.31. The van der Waals surface area contributed by atoms with E-state index in [1.807, 2.05) is 0 Å². The Labute approximate surface area is 79.7 Å². The molecule has 5 heteroatoms. The normalized spacial score (nSPS) is 33.5. The van der Waals surface area contributed by atoms with Crippen LogP contribution in [0.15, 0.2) is 4.52 Å². The van der Waals surface area contributed by atoms with Gasteiger partial charge in [-0.05, 0) is 26.2 Å². The van der Waals surface area contributed by atoms with Crippen LogP contribution in [0.1, 0.15) is 28.7 Å². The van der Waals surface area contributed by atoms with Crippen molar-refractivity contribution in [2.75, 3.05) is 13.1 Å². The molecule has 1 N–H and O–H groups in total. The van der Waals surface area contributed by atoms with Crippen molar-refractivity contribution >= 4 is 0 Å². The van der Waals surface area contributed by atoms with E-state index in [1.165, 1.54) is 0 Å². The first kappa shape index (κ1) is 5.70. The molecule has 1 aliphatic rings. The van der Waals surface area contributed by atoms with Crippen LogP contribution >= 0.6 is 0 Å². The third-order valence-corrected chi connectivity index (χ3v) is 2.14. The van der Waals surface area contributed by atoms with Gasteiger partial charge in [0.25, 0.3) is 5.89 Å². The van der Waals surface area contributed by atoms with Crippen LogP contribution in [-0.4, -0.2) is 23.2 Å². The summed E-state index contributed by atoms with van der Waals surface area (Å²) in [4.78, 5) is 3.62. The van der Waals surface area contributed by atoms with Crippen molar-refractivity contribution in [1.29, 1.82) is 0 Å². The highest BCUT2D eigenvalue weighted by molar-refractivity contribution is 5.01. The van der Waals surface area contributed by atoms with Crippen molar-refractivity contribution in [1.82, 2.24) is 15.5 Å². The molecule has 1 unspecified atom stereocenters. The predicted octanol–water partition coefficient (Wildman–Crippen LogP) is 0.926. The van der Waals surface area contributed by atoms with Gasteiger partial charge in [0.1, 0.15) is 0 Å². The van der Waals surface area contributed by atoms with Gasteiger partial charge < -0.3 is 9.84 Å². The first-order chi connectivity index (χ1) is 7.42. The summed E-state index contributed by atoms with van der Waals surface area (Å²) >= 11 is 0. The second-order valence-electron chi connectivity index (χ2n) is 3.17. The standard InChI is InChI=1S/C8H12FN3O/c1-6-11-7(13-12-6)8(9)3-2-4-10-5-8/h10H,2-5H2,1H3/i1D3. The van der Waals surface area contributed by atoms with Crippen molar-refractivity contribution in [3.63, 3.8) is 0 Å². The van der Waals surface area contributed by atoms with E-state index in [0.717, 1.165) is 6.54 Å². The lowest BCUT2D eigenvalue weighted by Gasteiger charge is -2.26. The van der Waals surface area contributed by atoms with Gasteiger partial charge in [-0.25, -0.2) is 4.39 Å². The van der Waals surface area contributed by atoms with E-state index in [-0.39, 0.29) is 18.9 Å². The smallest absolute Gasteiger partial charge is 0.265 e. The lowest BCUT2D eigenvalue weighted by atomic mass is 9.96. The maximum atomic E-state index is 14.3. The average Bonchev–Trinajstić information content (AvgIpc) is 2.67. The second-order valence-corrected chi connectivity index (χ2v) is 3.17. The van der Waals surface area contributed by atoms with Crippen molar-refractivity contribution < 1.29 is 13.0 Å².